The second kappa shape index (κ2) is 7.38. The summed E-state index contributed by atoms with van der Waals surface area (Å²) in [5.74, 6) is 0. The molecule has 0 aliphatic rings. The maximum atomic E-state index is 13.5. The Morgan fingerprint density at radius 2 is 1.92 bits per heavy atom. The molecule has 25 heavy (non-hydrogen) atoms. The highest BCUT2D eigenvalue weighted by atomic mass is 31.2. The number of nitrogens with zero attached hydrogens (tertiary/aromatic N) is 2. The number of nitro benzene ring substituents is 1. The maximum absolute atomic E-state index is 13.5. The van der Waals surface area contributed by atoms with Crippen LogP contribution in [0.3, 0.4) is 0 Å². The number of pyridine rings is 1. The molecule has 2 N–H and O–H groups in total. The molecule has 0 aliphatic heterocycles. The monoisotopic (exact) mass is 375 g/mol. The van der Waals surface area contributed by atoms with Crippen LogP contribution in [0.5, 0.6) is 0 Å². The lowest BCUT2D eigenvalue weighted by Crippen LogP contribution is -2.22. The van der Waals surface area contributed by atoms with Crippen molar-refractivity contribution in [2.75, 3.05) is 18.9 Å². The smallest absolute Gasteiger partial charge is 0.365 e. The molecule has 11 heteroatoms. The molecule has 1 aromatic carbocycles. The van der Waals surface area contributed by atoms with E-state index in [1.807, 2.05) is 0 Å². The van der Waals surface area contributed by atoms with E-state index in [9.17, 15) is 23.5 Å². The summed E-state index contributed by atoms with van der Waals surface area (Å²) in [6, 6.07) is 3.40. The summed E-state index contributed by atoms with van der Waals surface area (Å²) in [6.45, 7) is 2.88. The Morgan fingerprint density at radius 1 is 1.32 bits per heavy atom. The molecule has 0 bridgehead atoms. The molecule has 2 rings (SSSR count). The van der Waals surface area contributed by atoms with Crippen LogP contribution >= 0.6 is 7.60 Å². The van der Waals surface area contributed by atoms with Gasteiger partial charge in [-0.15, -0.1) is 0 Å². The van der Waals surface area contributed by atoms with Crippen molar-refractivity contribution in [1.29, 1.82) is 0 Å². The predicted molar refractivity (Wildman–Crippen MR) is 88.3 cm³/mol. The first-order valence-corrected chi connectivity index (χ1v) is 8.84. The van der Waals surface area contributed by atoms with Gasteiger partial charge < -0.3 is 14.8 Å². The number of benzene rings is 1. The second-order valence-electron chi connectivity index (χ2n) is 4.85. The quantitative estimate of drug-likeness (QED) is 0.447. The molecule has 1 aromatic heterocycles. The van der Waals surface area contributed by atoms with Gasteiger partial charge in [-0.1, -0.05) is 0 Å². The lowest BCUT2D eigenvalue weighted by molar-refractivity contribution is -0.384. The van der Waals surface area contributed by atoms with E-state index in [1.165, 1.54) is 19.9 Å². The van der Waals surface area contributed by atoms with Gasteiger partial charge in [0.15, 0.2) is 0 Å². The predicted octanol–water partition coefficient (Wildman–Crippen LogP) is 3.55. The highest BCUT2D eigenvalue weighted by Crippen LogP contribution is 2.51. The van der Waals surface area contributed by atoms with Crippen LogP contribution in [-0.2, 0) is 13.6 Å². The largest absolute Gasteiger partial charge is 0.397 e. The number of halogens is 2. The van der Waals surface area contributed by atoms with Crippen LogP contribution in [0.25, 0.3) is 10.9 Å². The number of anilines is 1. The molecule has 8 nitrogen and oxygen atoms in total. The van der Waals surface area contributed by atoms with Crippen molar-refractivity contribution in [3.8, 4) is 0 Å². The summed E-state index contributed by atoms with van der Waals surface area (Å²) in [5, 5.41) is 10.4. The van der Waals surface area contributed by atoms with Gasteiger partial charge in [-0.2, -0.15) is 0 Å². The van der Waals surface area contributed by atoms with Crippen molar-refractivity contribution >= 4 is 35.2 Å². The van der Waals surface area contributed by atoms with Crippen LogP contribution in [0.15, 0.2) is 18.2 Å². The fourth-order valence-electron chi connectivity index (χ4n) is 2.35. The zero-order valence-electron chi connectivity index (χ0n) is 13.4. The van der Waals surface area contributed by atoms with Gasteiger partial charge in [0.25, 0.3) is 12.1 Å². The van der Waals surface area contributed by atoms with Crippen molar-refractivity contribution in [2.45, 2.75) is 20.3 Å². The zero-order chi connectivity index (χ0) is 18.8. The number of rotatable bonds is 7. The molecule has 2 aromatic rings. The summed E-state index contributed by atoms with van der Waals surface area (Å²) in [6.07, 6.45) is -3.09. The summed E-state index contributed by atoms with van der Waals surface area (Å²) >= 11 is 0. The lowest BCUT2D eigenvalue weighted by Gasteiger charge is -2.22. The van der Waals surface area contributed by atoms with Crippen molar-refractivity contribution in [3.63, 3.8) is 0 Å². The molecule has 0 saturated heterocycles. The minimum Gasteiger partial charge on any atom is -0.397 e. The number of non-ortho nitro benzene ring substituents is 1. The van der Waals surface area contributed by atoms with E-state index in [0.29, 0.717) is 0 Å². The molecule has 0 aliphatic carbocycles. The van der Waals surface area contributed by atoms with E-state index in [0.717, 1.165) is 12.1 Å². The molecule has 0 atom stereocenters. The van der Waals surface area contributed by atoms with Crippen LogP contribution in [-0.4, -0.2) is 23.1 Å². The van der Waals surface area contributed by atoms with Gasteiger partial charge >= 0.3 is 7.60 Å². The Bertz CT molecular complexity index is 852. The molecule has 1 heterocycles. The molecule has 0 amide bonds. The number of hydrogen-bond donors (Lipinski definition) is 1. The summed E-state index contributed by atoms with van der Waals surface area (Å²) in [5.41, 5.74) is 4.49. The standard InChI is InChI=1S/C14H16F2N3O5P/c1-3-23-25(22,24-4-2)13-11(17)9-7-8(19(20)21)5-6-10(9)18-12(13)14(15)16/h5-7,14H,3-4H2,1-2H3,(H2,17,18). The second-order valence-corrected chi connectivity index (χ2v) is 6.81. The SMILES string of the molecule is CCOP(=O)(OCC)c1c(C(F)F)nc2ccc([N+](=O)[O-])cc2c1N. The van der Waals surface area contributed by atoms with Crippen molar-refractivity contribution in [2.24, 2.45) is 0 Å². The number of nitrogens with two attached hydrogens (primary N) is 1. The Labute approximate surface area is 141 Å². The Morgan fingerprint density at radius 3 is 2.40 bits per heavy atom. The number of fused-ring (bicyclic) bond motifs is 1. The van der Waals surface area contributed by atoms with E-state index < -0.39 is 29.9 Å². The molecule has 0 saturated carbocycles. The topological polar surface area (TPSA) is 118 Å². The maximum Gasteiger partial charge on any atom is 0.365 e. The number of aromatic nitrogens is 1. The van der Waals surface area contributed by atoms with Gasteiger partial charge in [0.2, 0.25) is 0 Å². The molecule has 0 fully saturated rings. The van der Waals surface area contributed by atoms with E-state index in [2.05, 4.69) is 4.98 Å². The van der Waals surface area contributed by atoms with Crippen molar-refractivity contribution in [1.82, 2.24) is 4.98 Å². The van der Waals surface area contributed by atoms with E-state index >= 15 is 0 Å². The van der Waals surface area contributed by atoms with Gasteiger partial charge in [0.1, 0.15) is 11.0 Å². The van der Waals surface area contributed by atoms with Gasteiger partial charge in [0.05, 0.1) is 29.3 Å². The number of nitrogen functional groups attached to an aromatic ring is 1. The normalized spacial score (nSPS) is 12.0. The number of nitro groups is 1. The van der Waals surface area contributed by atoms with Gasteiger partial charge in [-0.25, -0.2) is 13.8 Å². The Kier molecular flexibility index (Phi) is 5.66. The number of alkyl halides is 2. The van der Waals surface area contributed by atoms with E-state index in [4.69, 9.17) is 14.8 Å². The third-order valence-electron chi connectivity index (χ3n) is 3.30. The lowest BCUT2D eigenvalue weighted by atomic mass is 10.1. The first kappa shape index (κ1) is 19.2. The number of hydrogen-bond acceptors (Lipinski definition) is 7. The average molecular weight is 375 g/mol. The third kappa shape index (κ3) is 3.60. The molecular formula is C14H16F2N3O5P. The van der Waals surface area contributed by atoms with Crippen LogP contribution in [0.4, 0.5) is 20.2 Å². The van der Waals surface area contributed by atoms with Crippen LogP contribution in [0.2, 0.25) is 0 Å². The zero-order valence-corrected chi connectivity index (χ0v) is 14.3. The first-order chi connectivity index (χ1) is 11.7. The highest BCUT2D eigenvalue weighted by Gasteiger charge is 2.37. The Balaban J connectivity index is 2.87. The third-order valence-corrected chi connectivity index (χ3v) is 5.51. The van der Waals surface area contributed by atoms with Crippen molar-refractivity contribution in [3.05, 3.63) is 34.0 Å². The van der Waals surface area contributed by atoms with E-state index in [-0.39, 0.29) is 35.5 Å². The summed E-state index contributed by atoms with van der Waals surface area (Å²) < 4.78 is 50.2. The fourth-order valence-corrected chi connectivity index (χ4v) is 4.20. The fraction of sp³-hybridized carbons (Fsp3) is 0.357. The summed E-state index contributed by atoms with van der Waals surface area (Å²) in [7, 11) is -4.18. The molecule has 0 unspecified atom stereocenters. The molecule has 136 valence electrons. The molecule has 0 radical (unpaired) electrons. The van der Waals surface area contributed by atoms with Gasteiger partial charge in [-0.3, -0.25) is 14.7 Å². The summed E-state index contributed by atoms with van der Waals surface area (Å²) in [4.78, 5) is 14.1. The van der Waals surface area contributed by atoms with Gasteiger partial charge in [0, 0.05) is 17.5 Å². The van der Waals surface area contributed by atoms with E-state index in [1.54, 1.807) is 0 Å². The average Bonchev–Trinajstić information content (AvgIpc) is 2.54. The minimum atomic E-state index is -4.18. The highest BCUT2D eigenvalue weighted by molar-refractivity contribution is 7.62. The minimum absolute atomic E-state index is 0.0155. The molecule has 0 spiro atoms. The van der Waals surface area contributed by atoms with Gasteiger partial charge in [-0.05, 0) is 19.9 Å². The Hall–Kier alpha value is -2.16. The van der Waals surface area contributed by atoms with Crippen molar-refractivity contribution < 1.29 is 27.3 Å². The molecular weight excluding hydrogens is 359 g/mol. The van der Waals surface area contributed by atoms with Crippen LogP contribution in [0.1, 0.15) is 26.0 Å². The first-order valence-electron chi connectivity index (χ1n) is 7.30. The van der Waals surface area contributed by atoms with Crippen LogP contribution < -0.4 is 11.0 Å². The van der Waals surface area contributed by atoms with Crippen LogP contribution in [0, 0.1) is 10.1 Å².